The lowest BCUT2D eigenvalue weighted by Gasteiger charge is -2.37. The number of fused-ring (bicyclic) bond motifs is 1. The third kappa shape index (κ3) is 4.33. The first-order valence-corrected chi connectivity index (χ1v) is 8.53. The number of nitrogens with zero attached hydrogens (tertiary/aromatic N) is 3. The van der Waals surface area contributed by atoms with Crippen LogP contribution in [-0.4, -0.2) is 63.2 Å². The Bertz CT molecular complexity index is 776. The molecule has 1 aliphatic heterocycles. The first kappa shape index (κ1) is 17.4. The number of hydrogen-bond donors (Lipinski definition) is 2. The molecule has 6 nitrogen and oxygen atoms in total. The summed E-state index contributed by atoms with van der Waals surface area (Å²) in [7, 11) is 0. The summed E-state index contributed by atoms with van der Waals surface area (Å²) in [6.07, 6.45) is 0. The van der Waals surface area contributed by atoms with Gasteiger partial charge in [0.15, 0.2) is 0 Å². The standard InChI is InChI=1S/C17H23ClN4O2/c1-17(2,24)11-22-7-5-21(6-8-22)10-15-19-14-4-3-12(18)9-13(14)16(23)20-15/h3-4,9,24H,5-8,10-11H2,1-2H3,(H,19,20,23). The SMILES string of the molecule is CC(C)(O)CN1CCN(Cc2nc3ccc(Cl)cc3c(=O)[nH]2)CC1. The van der Waals surface area contributed by atoms with Gasteiger partial charge in [-0.2, -0.15) is 0 Å². The molecule has 130 valence electrons. The van der Waals surface area contributed by atoms with Crippen molar-refractivity contribution in [3.05, 3.63) is 39.4 Å². The molecule has 0 bridgehead atoms. The van der Waals surface area contributed by atoms with Crippen molar-refractivity contribution in [3.63, 3.8) is 0 Å². The molecule has 0 unspecified atom stereocenters. The summed E-state index contributed by atoms with van der Waals surface area (Å²) in [5, 5.41) is 11.0. The van der Waals surface area contributed by atoms with Crippen LogP contribution in [0.3, 0.4) is 0 Å². The van der Waals surface area contributed by atoms with E-state index in [4.69, 9.17) is 11.6 Å². The van der Waals surface area contributed by atoms with Crippen molar-refractivity contribution >= 4 is 22.5 Å². The van der Waals surface area contributed by atoms with Gasteiger partial charge in [-0.15, -0.1) is 0 Å². The van der Waals surface area contributed by atoms with Gasteiger partial charge in [-0.3, -0.25) is 14.6 Å². The van der Waals surface area contributed by atoms with Gasteiger partial charge < -0.3 is 10.1 Å². The monoisotopic (exact) mass is 350 g/mol. The molecule has 1 saturated heterocycles. The van der Waals surface area contributed by atoms with E-state index in [0.29, 0.717) is 34.8 Å². The Morgan fingerprint density at radius 2 is 1.92 bits per heavy atom. The highest BCUT2D eigenvalue weighted by molar-refractivity contribution is 6.31. The number of benzene rings is 1. The van der Waals surface area contributed by atoms with Gasteiger partial charge in [0.1, 0.15) is 5.82 Å². The Labute approximate surface area is 146 Å². The molecule has 0 radical (unpaired) electrons. The number of aromatic nitrogens is 2. The smallest absolute Gasteiger partial charge is 0.258 e. The predicted octanol–water partition coefficient (Wildman–Crippen LogP) is 1.46. The summed E-state index contributed by atoms with van der Waals surface area (Å²) < 4.78 is 0. The van der Waals surface area contributed by atoms with Crippen LogP contribution in [0.5, 0.6) is 0 Å². The van der Waals surface area contributed by atoms with Gasteiger partial charge in [0.05, 0.1) is 23.0 Å². The molecule has 24 heavy (non-hydrogen) atoms. The van der Waals surface area contributed by atoms with Crippen molar-refractivity contribution < 1.29 is 5.11 Å². The van der Waals surface area contributed by atoms with E-state index in [9.17, 15) is 9.90 Å². The van der Waals surface area contributed by atoms with Crippen LogP contribution in [0, 0.1) is 0 Å². The molecule has 0 spiro atoms. The average Bonchev–Trinajstić information content (AvgIpc) is 2.49. The maximum absolute atomic E-state index is 12.2. The second-order valence-electron chi connectivity index (χ2n) is 7.04. The van der Waals surface area contributed by atoms with Crippen molar-refractivity contribution in [2.45, 2.75) is 26.0 Å². The maximum atomic E-state index is 12.2. The Balaban J connectivity index is 1.66. The fourth-order valence-electron chi connectivity index (χ4n) is 3.10. The molecule has 0 atom stereocenters. The van der Waals surface area contributed by atoms with Crippen LogP contribution in [0.2, 0.25) is 5.02 Å². The van der Waals surface area contributed by atoms with Crippen molar-refractivity contribution in [1.29, 1.82) is 0 Å². The Morgan fingerprint density at radius 1 is 1.25 bits per heavy atom. The lowest BCUT2D eigenvalue weighted by Crippen LogP contribution is -2.50. The number of β-amino-alcohol motifs (C(OH)–C–C–N with tert-alkyl or cyclic N) is 1. The van der Waals surface area contributed by atoms with E-state index in [0.717, 1.165) is 26.2 Å². The fourth-order valence-corrected chi connectivity index (χ4v) is 3.27. The first-order chi connectivity index (χ1) is 11.3. The molecule has 1 aromatic heterocycles. The van der Waals surface area contributed by atoms with Crippen LogP contribution in [0.25, 0.3) is 10.9 Å². The number of hydrogen-bond acceptors (Lipinski definition) is 5. The fraction of sp³-hybridized carbons (Fsp3) is 0.529. The lowest BCUT2D eigenvalue weighted by atomic mass is 10.1. The zero-order valence-corrected chi connectivity index (χ0v) is 14.8. The molecule has 1 aliphatic rings. The summed E-state index contributed by atoms with van der Waals surface area (Å²) in [6.45, 7) is 8.52. The third-order valence-electron chi connectivity index (χ3n) is 4.17. The molecule has 7 heteroatoms. The summed E-state index contributed by atoms with van der Waals surface area (Å²) in [4.78, 5) is 24.1. The van der Waals surface area contributed by atoms with Crippen molar-refractivity contribution in [1.82, 2.24) is 19.8 Å². The van der Waals surface area contributed by atoms with E-state index in [2.05, 4.69) is 19.8 Å². The normalized spacial score (nSPS) is 17.5. The highest BCUT2D eigenvalue weighted by Gasteiger charge is 2.23. The molecular formula is C17H23ClN4O2. The van der Waals surface area contributed by atoms with Crippen molar-refractivity contribution in [2.24, 2.45) is 0 Å². The van der Waals surface area contributed by atoms with Crippen molar-refractivity contribution in [2.75, 3.05) is 32.7 Å². The second-order valence-corrected chi connectivity index (χ2v) is 7.48. The van der Waals surface area contributed by atoms with E-state index in [-0.39, 0.29) is 5.56 Å². The Hall–Kier alpha value is -1.47. The van der Waals surface area contributed by atoms with E-state index >= 15 is 0 Å². The minimum atomic E-state index is -0.672. The van der Waals surface area contributed by atoms with E-state index < -0.39 is 5.60 Å². The number of aliphatic hydroxyl groups is 1. The Morgan fingerprint density at radius 3 is 2.58 bits per heavy atom. The molecule has 0 saturated carbocycles. The molecule has 2 N–H and O–H groups in total. The topological polar surface area (TPSA) is 72.5 Å². The molecular weight excluding hydrogens is 328 g/mol. The van der Waals surface area contributed by atoms with Crippen LogP contribution in [0.1, 0.15) is 19.7 Å². The quantitative estimate of drug-likeness (QED) is 0.873. The molecule has 2 heterocycles. The van der Waals surface area contributed by atoms with Crippen molar-refractivity contribution in [3.8, 4) is 0 Å². The summed E-state index contributed by atoms with van der Waals surface area (Å²) >= 11 is 5.93. The van der Waals surface area contributed by atoms with Gasteiger partial charge in [-0.1, -0.05) is 11.6 Å². The minimum Gasteiger partial charge on any atom is -0.389 e. The number of piperazine rings is 1. The molecule has 1 fully saturated rings. The van der Waals surface area contributed by atoms with Gasteiger partial charge in [-0.25, -0.2) is 4.98 Å². The zero-order valence-electron chi connectivity index (χ0n) is 14.0. The number of halogens is 1. The average molecular weight is 351 g/mol. The molecule has 2 aromatic rings. The summed E-state index contributed by atoms with van der Waals surface area (Å²) in [5.41, 5.74) is -0.161. The number of H-pyrrole nitrogens is 1. The summed E-state index contributed by atoms with van der Waals surface area (Å²) in [5.74, 6) is 0.672. The predicted molar refractivity (Wildman–Crippen MR) is 95.4 cm³/mol. The first-order valence-electron chi connectivity index (χ1n) is 8.16. The van der Waals surface area contributed by atoms with E-state index in [1.165, 1.54) is 0 Å². The van der Waals surface area contributed by atoms with E-state index in [1.807, 2.05) is 13.8 Å². The number of nitrogens with one attached hydrogen (secondary N) is 1. The van der Waals surface area contributed by atoms with Gasteiger partial charge in [-0.05, 0) is 32.0 Å². The highest BCUT2D eigenvalue weighted by atomic mass is 35.5. The van der Waals surface area contributed by atoms with Crippen LogP contribution in [-0.2, 0) is 6.54 Å². The third-order valence-corrected chi connectivity index (χ3v) is 4.40. The van der Waals surface area contributed by atoms with Crippen LogP contribution in [0.15, 0.2) is 23.0 Å². The number of aromatic amines is 1. The van der Waals surface area contributed by atoms with Crippen LogP contribution in [0.4, 0.5) is 0 Å². The largest absolute Gasteiger partial charge is 0.389 e. The van der Waals surface area contributed by atoms with Gasteiger partial charge in [0.25, 0.3) is 5.56 Å². The van der Waals surface area contributed by atoms with E-state index in [1.54, 1.807) is 18.2 Å². The molecule has 0 aliphatic carbocycles. The maximum Gasteiger partial charge on any atom is 0.258 e. The van der Waals surface area contributed by atoms with Crippen LogP contribution < -0.4 is 5.56 Å². The molecule has 1 aromatic carbocycles. The molecule has 3 rings (SSSR count). The van der Waals surface area contributed by atoms with Crippen LogP contribution >= 0.6 is 11.6 Å². The Kier molecular flexibility index (Phi) is 4.92. The zero-order chi connectivity index (χ0) is 17.3. The van der Waals surface area contributed by atoms with Gasteiger partial charge in [0.2, 0.25) is 0 Å². The minimum absolute atomic E-state index is 0.154. The number of rotatable bonds is 4. The summed E-state index contributed by atoms with van der Waals surface area (Å²) in [6, 6.07) is 5.16. The highest BCUT2D eigenvalue weighted by Crippen LogP contribution is 2.15. The second kappa shape index (κ2) is 6.80. The molecule has 0 amide bonds. The lowest BCUT2D eigenvalue weighted by molar-refractivity contribution is 0.0163. The van der Waals surface area contributed by atoms with Gasteiger partial charge >= 0.3 is 0 Å². The van der Waals surface area contributed by atoms with Gasteiger partial charge in [0, 0.05) is 37.7 Å².